The Kier molecular flexibility index (Phi) is 6.36. The number of rotatable bonds is 7. The summed E-state index contributed by atoms with van der Waals surface area (Å²) in [7, 11) is 0. The van der Waals surface area contributed by atoms with Crippen molar-refractivity contribution in [2.45, 2.75) is 13.1 Å². The molecule has 0 atom stereocenters. The number of aromatic nitrogens is 3. The van der Waals surface area contributed by atoms with Gasteiger partial charge in [0.05, 0.1) is 0 Å². The average Bonchev–Trinajstić information content (AvgIpc) is 3.32. The molecule has 0 saturated carbocycles. The van der Waals surface area contributed by atoms with Gasteiger partial charge >= 0.3 is 6.01 Å². The Bertz CT molecular complexity index is 1800. The summed E-state index contributed by atoms with van der Waals surface area (Å²) in [6.45, 7) is 0.826. The Labute approximate surface area is 224 Å². The highest BCUT2D eigenvalue weighted by atomic mass is 16.5. The van der Waals surface area contributed by atoms with Crippen LogP contribution in [0, 0.1) is 0 Å². The molecule has 4 aromatic carbocycles. The molecule has 0 aliphatic carbocycles. The Morgan fingerprint density at radius 1 is 0.872 bits per heavy atom. The molecule has 2 aromatic heterocycles. The van der Waals surface area contributed by atoms with Crippen molar-refractivity contribution in [2.24, 2.45) is 5.73 Å². The summed E-state index contributed by atoms with van der Waals surface area (Å²) in [4.78, 5) is 22.0. The zero-order chi connectivity index (χ0) is 26.8. The van der Waals surface area contributed by atoms with E-state index in [4.69, 9.17) is 16.2 Å². The molecule has 0 unspecified atom stereocenters. The predicted octanol–water partition coefficient (Wildman–Crippen LogP) is 5.72. The van der Waals surface area contributed by atoms with Gasteiger partial charge in [0, 0.05) is 47.8 Å². The first-order valence-corrected chi connectivity index (χ1v) is 12.5. The van der Waals surface area contributed by atoms with Crippen molar-refractivity contribution in [3.8, 4) is 11.8 Å². The summed E-state index contributed by atoms with van der Waals surface area (Å²) in [6.07, 6.45) is 3.27. The number of carbonyl (C=O) groups excluding carboxylic acids is 1. The lowest BCUT2D eigenvalue weighted by Gasteiger charge is -2.15. The Morgan fingerprint density at radius 2 is 1.67 bits per heavy atom. The van der Waals surface area contributed by atoms with Gasteiger partial charge < -0.3 is 26.1 Å². The highest BCUT2D eigenvalue weighted by molar-refractivity contribution is 6.06. The number of nitrogen functional groups attached to an aromatic ring is 1. The number of amides is 1. The molecular formula is C31H26N6O2. The largest absolute Gasteiger partial charge is 0.424 e. The zero-order valence-corrected chi connectivity index (χ0v) is 21.0. The molecule has 39 heavy (non-hydrogen) atoms. The van der Waals surface area contributed by atoms with Crippen LogP contribution in [-0.4, -0.2) is 20.4 Å². The van der Waals surface area contributed by atoms with Crippen LogP contribution in [0.15, 0.2) is 103 Å². The van der Waals surface area contributed by atoms with Crippen LogP contribution in [0.4, 0.5) is 11.4 Å². The summed E-state index contributed by atoms with van der Waals surface area (Å²) < 4.78 is 8.02. The summed E-state index contributed by atoms with van der Waals surface area (Å²) >= 11 is 0. The molecule has 0 aliphatic heterocycles. The van der Waals surface area contributed by atoms with Crippen molar-refractivity contribution in [2.75, 3.05) is 11.1 Å². The monoisotopic (exact) mass is 514 g/mol. The molecule has 1 amide bonds. The van der Waals surface area contributed by atoms with Crippen molar-refractivity contribution < 1.29 is 9.53 Å². The fourth-order valence-corrected chi connectivity index (χ4v) is 4.71. The number of carbonyl (C=O) groups is 1. The van der Waals surface area contributed by atoms with E-state index in [1.807, 2.05) is 59.2 Å². The van der Waals surface area contributed by atoms with Gasteiger partial charge in [0.15, 0.2) is 0 Å². The number of nitrogens with two attached hydrogens (primary N) is 2. The topological polar surface area (TPSA) is 121 Å². The summed E-state index contributed by atoms with van der Waals surface area (Å²) in [5.74, 6) is 0.390. The van der Waals surface area contributed by atoms with E-state index < -0.39 is 0 Å². The fraction of sp³-hybridized carbons (Fsp3) is 0.0645. The quantitative estimate of drug-likeness (QED) is 0.234. The van der Waals surface area contributed by atoms with Crippen LogP contribution >= 0.6 is 0 Å². The molecule has 0 aliphatic rings. The van der Waals surface area contributed by atoms with Crippen molar-refractivity contribution in [1.82, 2.24) is 14.5 Å². The Balaban J connectivity index is 1.46. The van der Waals surface area contributed by atoms with Gasteiger partial charge in [0.25, 0.3) is 5.91 Å². The van der Waals surface area contributed by atoms with Gasteiger partial charge in [-0.15, -0.1) is 0 Å². The normalized spacial score (nSPS) is 11.1. The van der Waals surface area contributed by atoms with Crippen LogP contribution in [0.2, 0.25) is 0 Å². The van der Waals surface area contributed by atoms with Crippen LogP contribution in [0.5, 0.6) is 11.8 Å². The number of nitrogens with one attached hydrogen (secondary N) is 1. The minimum Gasteiger partial charge on any atom is -0.424 e. The van der Waals surface area contributed by atoms with E-state index in [0.717, 1.165) is 32.8 Å². The molecule has 5 N–H and O–H groups in total. The molecule has 0 spiro atoms. The molecule has 0 fully saturated rings. The number of hydrogen-bond acceptors (Lipinski definition) is 6. The fourth-order valence-electron chi connectivity index (χ4n) is 4.71. The third kappa shape index (κ3) is 5.01. The van der Waals surface area contributed by atoms with Crippen molar-refractivity contribution in [3.05, 3.63) is 120 Å². The van der Waals surface area contributed by atoms with Crippen molar-refractivity contribution in [1.29, 1.82) is 0 Å². The molecule has 8 heteroatoms. The molecule has 0 saturated heterocycles. The summed E-state index contributed by atoms with van der Waals surface area (Å²) in [6, 6.07) is 29.0. The minimum atomic E-state index is -0.223. The number of fused-ring (bicyclic) bond motifs is 2. The van der Waals surface area contributed by atoms with E-state index in [0.29, 0.717) is 35.9 Å². The van der Waals surface area contributed by atoms with Gasteiger partial charge in [-0.25, -0.2) is 9.97 Å². The van der Waals surface area contributed by atoms with E-state index in [2.05, 4.69) is 21.4 Å². The van der Waals surface area contributed by atoms with E-state index >= 15 is 0 Å². The van der Waals surface area contributed by atoms with Crippen molar-refractivity contribution >= 4 is 39.0 Å². The van der Waals surface area contributed by atoms with E-state index in [1.165, 1.54) is 0 Å². The smallest absolute Gasteiger partial charge is 0.321 e. The standard InChI is InChI=1S/C31H26N6O2/c32-18-20-6-7-22-17-29(30(38)36-25-10-8-24(33)9-11-25)37(28(22)14-20)19-23-16-26(39-31-34-12-3-13-35-31)15-21-4-1-2-5-27(21)23/h1-17H,18-19,32-33H2,(H,36,38). The second-order valence-electron chi connectivity index (χ2n) is 9.23. The van der Waals surface area contributed by atoms with E-state index in [-0.39, 0.29) is 11.9 Å². The molecular weight excluding hydrogens is 488 g/mol. The third-order valence-electron chi connectivity index (χ3n) is 6.61. The maximum Gasteiger partial charge on any atom is 0.321 e. The van der Waals surface area contributed by atoms with Crippen molar-refractivity contribution in [3.63, 3.8) is 0 Å². The van der Waals surface area contributed by atoms with Gasteiger partial charge in [0.2, 0.25) is 0 Å². The van der Waals surface area contributed by atoms with Crippen LogP contribution in [0.3, 0.4) is 0 Å². The summed E-state index contributed by atoms with van der Waals surface area (Å²) in [5, 5.41) is 6.01. The first-order chi connectivity index (χ1) is 19.1. The van der Waals surface area contributed by atoms with Gasteiger partial charge in [-0.1, -0.05) is 36.4 Å². The van der Waals surface area contributed by atoms with E-state index in [9.17, 15) is 4.79 Å². The molecule has 0 radical (unpaired) electrons. The number of anilines is 2. The number of nitrogens with zero attached hydrogens (tertiary/aromatic N) is 3. The second-order valence-corrected chi connectivity index (χ2v) is 9.23. The maximum absolute atomic E-state index is 13.6. The lowest BCUT2D eigenvalue weighted by Crippen LogP contribution is -2.17. The molecule has 192 valence electrons. The summed E-state index contributed by atoms with van der Waals surface area (Å²) in [5.41, 5.74) is 16.5. The average molecular weight is 515 g/mol. The number of benzene rings is 4. The highest BCUT2D eigenvalue weighted by Crippen LogP contribution is 2.31. The minimum absolute atomic E-state index is 0.223. The first kappa shape index (κ1) is 24.1. The first-order valence-electron chi connectivity index (χ1n) is 12.5. The lowest BCUT2D eigenvalue weighted by molar-refractivity contribution is 0.101. The maximum atomic E-state index is 13.6. The molecule has 6 rings (SSSR count). The lowest BCUT2D eigenvalue weighted by atomic mass is 10.0. The van der Waals surface area contributed by atoms with Gasteiger partial charge in [-0.05, 0) is 76.5 Å². The predicted molar refractivity (Wildman–Crippen MR) is 154 cm³/mol. The third-order valence-corrected chi connectivity index (χ3v) is 6.61. The van der Waals surface area contributed by atoms with Crippen LogP contribution in [-0.2, 0) is 13.1 Å². The molecule has 2 heterocycles. The van der Waals surface area contributed by atoms with Crippen LogP contribution < -0.4 is 21.5 Å². The van der Waals surface area contributed by atoms with Crippen LogP contribution in [0.1, 0.15) is 21.6 Å². The van der Waals surface area contributed by atoms with Crippen LogP contribution in [0.25, 0.3) is 21.7 Å². The highest BCUT2D eigenvalue weighted by Gasteiger charge is 2.18. The Hall–Kier alpha value is -5.21. The second kappa shape index (κ2) is 10.3. The molecule has 0 bridgehead atoms. The van der Waals surface area contributed by atoms with Gasteiger partial charge in [-0.3, -0.25) is 4.79 Å². The number of hydrogen-bond donors (Lipinski definition) is 3. The Morgan fingerprint density at radius 3 is 2.46 bits per heavy atom. The molecule has 8 nitrogen and oxygen atoms in total. The number of ether oxygens (including phenoxy) is 1. The van der Waals surface area contributed by atoms with Gasteiger partial charge in [-0.2, -0.15) is 0 Å². The SMILES string of the molecule is NCc1ccc2cc(C(=O)Nc3ccc(N)cc3)n(Cc3cc(Oc4ncccn4)cc4ccccc34)c2c1. The zero-order valence-electron chi connectivity index (χ0n) is 21.0. The van der Waals surface area contributed by atoms with Gasteiger partial charge in [0.1, 0.15) is 11.4 Å². The molecule has 6 aromatic rings. The van der Waals surface area contributed by atoms with E-state index in [1.54, 1.807) is 42.7 Å².